The van der Waals surface area contributed by atoms with E-state index in [2.05, 4.69) is 0 Å². The fourth-order valence-electron chi connectivity index (χ4n) is 1.41. The summed E-state index contributed by atoms with van der Waals surface area (Å²) in [5.74, 6) is -0.116. The number of carbonyl (C=O) groups excluding carboxylic acids is 1. The van der Waals surface area contributed by atoms with Gasteiger partial charge >= 0.3 is 6.09 Å². The Hall–Kier alpha value is -1.30. The van der Waals surface area contributed by atoms with Crippen LogP contribution in [0.15, 0.2) is 0 Å². The molecule has 0 unspecified atom stereocenters. The summed E-state index contributed by atoms with van der Waals surface area (Å²) < 4.78 is 0. The van der Waals surface area contributed by atoms with Gasteiger partial charge in [0, 0.05) is 26.2 Å². The number of piperazine rings is 1. The molecule has 0 aromatic heterocycles. The first-order valence-electron chi connectivity index (χ1n) is 4.54. The number of carboxylic acid groups (broad SMARTS) is 1. The van der Waals surface area contributed by atoms with Crippen molar-refractivity contribution in [1.82, 2.24) is 9.80 Å². The van der Waals surface area contributed by atoms with Crippen molar-refractivity contribution in [3.8, 4) is 0 Å². The Balaban J connectivity index is 2.43. The van der Waals surface area contributed by atoms with Crippen molar-refractivity contribution in [3.05, 3.63) is 0 Å². The zero-order chi connectivity index (χ0) is 10.7. The number of carbonyl (C=O) groups is 2. The van der Waals surface area contributed by atoms with Crippen molar-refractivity contribution in [3.63, 3.8) is 0 Å². The van der Waals surface area contributed by atoms with E-state index >= 15 is 0 Å². The first-order chi connectivity index (χ1) is 6.52. The molecular weight excluding hydrogens is 186 g/mol. The lowest BCUT2D eigenvalue weighted by molar-refractivity contribution is -0.133. The van der Waals surface area contributed by atoms with E-state index in [4.69, 9.17) is 10.8 Å². The molecule has 14 heavy (non-hydrogen) atoms. The summed E-state index contributed by atoms with van der Waals surface area (Å²) >= 11 is 0. The molecule has 3 N–H and O–H groups in total. The van der Waals surface area contributed by atoms with E-state index in [9.17, 15) is 9.59 Å². The van der Waals surface area contributed by atoms with Gasteiger partial charge in [-0.1, -0.05) is 0 Å². The molecule has 0 aromatic carbocycles. The van der Waals surface area contributed by atoms with E-state index in [1.165, 1.54) is 4.90 Å². The van der Waals surface area contributed by atoms with E-state index in [1.54, 1.807) is 11.8 Å². The van der Waals surface area contributed by atoms with Crippen LogP contribution < -0.4 is 5.73 Å². The van der Waals surface area contributed by atoms with Crippen LogP contribution in [0.2, 0.25) is 0 Å². The first kappa shape index (κ1) is 10.8. The molecule has 1 rings (SSSR count). The van der Waals surface area contributed by atoms with Gasteiger partial charge in [0.25, 0.3) is 0 Å². The summed E-state index contributed by atoms with van der Waals surface area (Å²) in [5.41, 5.74) is 5.44. The van der Waals surface area contributed by atoms with Crippen LogP contribution in [0, 0.1) is 0 Å². The molecule has 6 heteroatoms. The van der Waals surface area contributed by atoms with Crippen LogP contribution in [0.4, 0.5) is 4.79 Å². The highest BCUT2D eigenvalue weighted by molar-refractivity contribution is 5.81. The number of hydrogen-bond donors (Lipinski definition) is 2. The molecule has 80 valence electrons. The fraction of sp³-hybridized carbons (Fsp3) is 0.750. The third kappa shape index (κ3) is 2.35. The molecule has 1 saturated heterocycles. The Labute approximate surface area is 82.3 Å². The van der Waals surface area contributed by atoms with E-state index in [-0.39, 0.29) is 5.91 Å². The smallest absolute Gasteiger partial charge is 0.407 e. The maximum absolute atomic E-state index is 11.4. The highest BCUT2D eigenvalue weighted by atomic mass is 16.4. The standard InChI is InChI=1S/C8H15N3O3/c1-6(9)7(12)10-2-4-11(5-3-10)8(13)14/h6H,2-5,9H2,1H3,(H,13,14)/t6-/m0/s1. The predicted octanol–water partition coefficient (Wildman–Crippen LogP) is -0.844. The van der Waals surface area contributed by atoms with Gasteiger partial charge < -0.3 is 20.6 Å². The molecule has 0 spiro atoms. The van der Waals surface area contributed by atoms with Crippen molar-refractivity contribution in [2.75, 3.05) is 26.2 Å². The van der Waals surface area contributed by atoms with Crippen LogP contribution >= 0.6 is 0 Å². The van der Waals surface area contributed by atoms with Crippen LogP contribution in [-0.4, -0.2) is 59.1 Å². The molecule has 0 aliphatic carbocycles. The van der Waals surface area contributed by atoms with Crippen LogP contribution in [0.3, 0.4) is 0 Å². The fourth-order valence-corrected chi connectivity index (χ4v) is 1.41. The van der Waals surface area contributed by atoms with Crippen LogP contribution in [0.25, 0.3) is 0 Å². The molecule has 0 aromatic rings. The van der Waals surface area contributed by atoms with Crippen LogP contribution in [0.5, 0.6) is 0 Å². The summed E-state index contributed by atoms with van der Waals surface area (Å²) in [5, 5.41) is 8.67. The Kier molecular flexibility index (Phi) is 3.29. The Bertz CT molecular complexity index is 234. The zero-order valence-electron chi connectivity index (χ0n) is 8.14. The summed E-state index contributed by atoms with van der Waals surface area (Å²) in [4.78, 5) is 24.9. The quantitative estimate of drug-likeness (QED) is 0.579. The Morgan fingerprint density at radius 1 is 1.21 bits per heavy atom. The Morgan fingerprint density at radius 3 is 2.00 bits per heavy atom. The highest BCUT2D eigenvalue weighted by Crippen LogP contribution is 2.03. The van der Waals surface area contributed by atoms with Gasteiger partial charge in [0.15, 0.2) is 0 Å². The van der Waals surface area contributed by atoms with Crippen molar-refractivity contribution >= 4 is 12.0 Å². The van der Waals surface area contributed by atoms with Gasteiger partial charge in [0.2, 0.25) is 5.91 Å². The molecular formula is C8H15N3O3. The molecule has 0 radical (unpaired) electrons. The Morgan fingerprint density at radius 2 is 1.64 bits per heavy atom. The van der Waals surface area contributed by atoms with E-state index in [1.807, 2.05) is 0 Å². The van der Waals surface area contributed by atoms with Gasteiger partial charge in [-0.3, -0.25) is 4.79 Å². The lowest BCUT2D eigenvalue weighted by Gasteiger charge is -2.33. The van der Waals surface area contributed by atoms with Gasteiger partial charge in [-0.05, 0) is 6.92 Å². The second-order valence-electron chi connectivity index (χ2n) is 3.38. The molecule has 1 aliphatic rings. The van der Waals surface area contributed by atoms with Gasteiger partial charge in [-0.15, -0.1) is 0 Å². The van der Waals surface area contributed by atoms with E-state index < -0.39 is 12.1 Å². The van der Waals surface area contributed by atoms with Gasteiger partial charge in [0.1, 0.15) is 0 Å². The SMILES string of the molecule is C[C@H](N)C(=O)N1CCN(C(=O)O)CC1. The van der Waals surface area contributed by atoms with Gasteiger partial charge in [-0.2, -0.15) is 0 Å². The highest BCUT2D eigenvalue weighted by Gasteiger charge is 2.24. The molecule has 1 fully saturated rings. The number of nitrogens with two attached hydrogens (primary N) is 1. The first-order valence-corrected chi connectivity index (χ1v) is 4.54. The van der Waals surface area contributed by atoms with Crippen molar-refractivity contribution < 1.29 is 14.7 Å². The minimum atomic E-state index is -0.933. The van der Waals surface area contributed by atoms with Crippen molar-refractivity contribution in [1.29, 1.82) is 0 Å². The molecule has 1 aliphatic heterocycles. The van der Waals surface area contributed by atoms with Crippen LogP contribution in [0.1, 0.15) is 6.92 Å². The summed E-state index contributed by atoms with van der Waals surface area (Å²) in [6, 6.07) is -0.508. The lowest BCUT2D eigenvalue weighted by Crippen LogP contribution is -2.53. The molecule has 2 amide bonds. The predicted molar refractivity (Wildman–Crippen MR) is 49.8 cm³/mol. The van der Waals surface area contributed by atoms with Gasteiger partial charge in [-0.25, -0.2) is 4.79 Å². The summed E-state index contributed by atoms with van der Waals surface area (Å²) in [6.45, 7) is 3.24. The second kappa shape index (κ2) is 4.28. The average molecular weight is 201 g/mol. The topological polar surface area (TPSA) is 86.9 Å². The molecule has 1 heterocycles. The van der Waals surface area contributed by atoms with Crippen LogP contribution in [-0.2, 0) is 4.79 Å². The van der Waals surface area contributed by atoms with Gasteiger partial charge in [0.05, 0.1) is 6.04 Å². The normalized spacial score (nSPS) is 19.3. The minimum Gasteiger partial charge on any atom is -0.465 e. The molecule has 0 saturated carbocycles. The maximum Gasteiger partial charge on any atom is 0.407 e. The van der Waals surface area contributed by atoms with Crippen molar-refractivity contribution in [2.24, 2.45) is 5.73 Å². The van der Waals surface area contributed by atoms with E-state index in [0.29, 0.717) is 26.2 Å². The summed E-state index contributed by atoms with van der Waals surface area (Å²) in [6.07, 6.45) is -0.933. The number of nitrogens with zero attached hydrogens (tertiary/aromatic N) is 2. The van der Waals surface area contributed by atoms with E-state index in [0.717, 1.165) is 0 Å². The molecule has 6 nitrogen and oxygen atoms in total. The zero-order valence-corrected chi connectivity index (χ0v) is 8.14. The third-order valence-corrected chi connectivity index (χ3v) is 2.25. The molecule has 1 atom stereocenters. The second-order valence-corrected chi connectivity index (χ2v) is 3.38. The largest absolute Gasteiger partial charge is 0.465 e. The monoisotopic (exact) mass is 201 g/mol. The molecule has 0 bridgehead atoms. The van der Waals surface area contributed by atoms with Crippen molar-refractivity contribution in [2.45, 2.75) is 13.0 Å². The number of amides is 2. The average Bonchev–Trinajstić information content (AvgIpc) is 2.16. The maximum atomic E-state index is 11.4. The number of rotatable bonds is 1. The number of hydrogen-bond acceptors (Lipinski definition) is 3. The lowest BCUT2D eigenvalue weighted by atomic mass is 10.2. The minimum absolute atomic E-state index is 0.116. The summed E-state index contributed by atoms with van der Waals surface area (Å²) in [7, 11) is 0. The third-order valence-electron chi connectivity index (χ3n) is 2.25.